The molecule has 0 heterocycles. The summed E-state index contributed by atoms with van der Waals surface area (Å²) in [5.41, 5.74) is 6.05. The maximum atomic E-state index is 6.05. The summed E-state index contributed by atoms with van der Waals surface area (Å²) in [7, 11) is 0. The summed E-state index contributed by atoms with van der Waals surface area (Å²) < 4.78 is 0. The molecule has 0 aliphatic heterocycles. The summed E-state index contributed by atoms with van der Waals surface area (Å²) in [5, 5.41) is 3.92. The summed E-state index contributed by atoms with van der Waals surface area (Å²) in [6.45, 7) is 0.834. The lowest BCUT2D eigenvalue weighted by molar-refractivity contribution is 0.285. The Morgan fingerprint density at radius 3 is 1.78 bits per heavy atom. The van der Waals surface area contributed by atoms with Crippen molar-refractivity contribution in [2.75, 3.05) is 6.54 Å². The molecule has 3 N–H and O–H groups in total. The molecule has 0 saturated heterocycles. The number of hydrogen-bond acceptors (Lipinski definition) is 2. The third kappa shape index (κ3) is 4.55. The van der Waals surface area contributed by atoms with Gasteiger partial charge in [0.15, 0.2) is 0 Å². The van der Waals surface area contributed by atoms with E-state index in [2.05, 4.69) is 5.32 Å². The van der Waals surface area contributed by atoms with Crippen LogP contribution in [0.4, 0.5) is 0 Å². The van der Waals surface area contributed by atoms with E-state index in [9.17, 15) is 0 Å². The highest BCUT2D eigenvalue weighted by atomic mass is 15.0. The number of nitrogens with one attached hydrogen (secondary N) is 1. The van der Waals surface area contributed by atoms with Crippen LogP contribution in [0.2, 0.25) is 0 Å². The molecule has 2 fully saturated rings. The topological polar surface area (TPSA) is 38.0 Å². The van der Waals surface area contributed by atoms with Gasteiger partial charge in [-0.1, -0.05) is 51.4 Å². The Morgan fingerprint density at radius 2 is 1.28 bits per heavy atom. The van der Waals surface area contributed by atoms with Crippen molar-refractivity contribution >= 4 is 0 Å². The van der Waals surface area contributed by atoms with E-state index in [0.29, 0.717) is 6.04 Å². The Balaban J connectivity index is 1.82. The highest BCUT2D eigenvalue weighted by molar-refractivity contribution is 4.83. The predicted molar refractivity (Wildman–Crippen MR) is 78.7 cm³/mol. The molecule has 0 amide bonds. The van der Waals surface area contributed by atoms with E-state index in [4.69, 9.17) is 5.73 Å². The minimum Gasteiger partial charge on any atom is -0.329 e. The molecule has 2 rings (SSSR count). The first-order chi connectivity index (χ1) is 8.90. The first-order valence-electron chi connectivity index (χ1n) is 8.36. The van der Waals surface area contributed by atoms with Gasteiger partial charge in [0.05, 0.1) is 0 Å². The van der Waals surface area contributed by atoms with Crippen molar-refractivity contribution in [1.29, 1.82) is 0 Å². The predicted octanol–water partition coefficient (Wildman–Crippen LogP) is 3.60. The molecule has 18 heavy (non-hydrogen) atoms. The fraction of sp³-hybridized carbons (Fsp3) is 1.00. The van der Waals surface area contributed by atoms with Gasteiger partial charge in [-0.3, -0.25) is 0 Å². The van der Waals surface area contributed by atoms with Gasteiger partial charge in [0.25, 0.3) is 0 Å². The van der Waals surface area contributed by atoms with Gasteiger partial charge in [-0.25, -0.2) is 0 Å². The zero-order valence-electron chi connectivity index (χ0n) is 12.0. The maximum absolute atomic E-state index is 6.05. The molecule has 1 unspecified atom stereocenters. The Labute approximate surface area is 113 Å². The van der Waals surface area contributed by atoms with Gasteiger partial charge in [-0.15, -0.1) is 0 Å². The zero-order chi connectivity index (χ0) is 12.6. The lowest BCUT2D eigenvalue weighted by Gasteiger charge is -2.30. The van der Waals surface area contributed by atoms with E-state index >= 15 is 0 Å². The molecular weight excluding hydrogens is 220 g/mol. The summed E-state index contributed by atoms with van der Waals surface area (Å²) in [6, 6.07) is 1.34. The van der Waals surface area contributed by atoms with E-state index in [1.54, 1.807) is 0 Å². The molecule has 0 bridgehead atoms. The average molecular weight is 252 g/mol. The summed E-state index contributed by atoms with van der Waals surface area (Å²) in [5.74, 6) is 0.848. The normalized spacial score (nSPS) is 26.5. The van der Waals surface area contributed by atoms with E-state index in [1.807, 2.05) is 0 Å². The minimum atomic E-state index is 0.589. The molecule has 2 aliphatic rings. The van der Waals surface area contributed by atoms with E-state index < -0.39 is 0 Å². The van der Waals surface area contributed by atoms with Gasteiger partial charge >= 0.3 is 0 Å². The van der Waals surface area contributed by atoms with Gasteiger partial charge in [-0.2, -0.15) is 0 Å². The van der Waals surface area contributed by atoms with Crippen LogP contribution in [0.15, 0.2) is 0 Å². The van der Waals surface area contributed by atoms with Crippen LogP contribution in [0.5, 0.6) is 0 Å². The monoisotopic (exact) mass is 252 g/mol. The second-order valence-corrected chi connectivity index (χ2v) is 6.45. The summed E-state index contributed by atoms with van der Waals surface area (Å²) in [6.07, 6.45) is 17.0. The quantitative estimate of drug-likeness (QED) is 0.750. The highest BCUT2D eigenvalue weighted by Gasteiger charge is 2.24. The van der Waals surface area contributed by atoms with E-state index in [0.717, 1.165) is 18.5 Å². The number of rotatable bonds is 4. The lowest BCUT2D eigenvalue weighted by Crippen LogP contribution is -2.47. The SMILES string of the molecule is NCC(NC1CCCCCC1)C1CCCCCC1. The van der Waals surface area contributed by atoms with Crippen molar-refractivity contribution in [3.05, 3.63) is 0 Å². The first kappa shape index (κ1) is 14.3. The molecule has 2 heteroatoms. The number of nitrogens with two attached hydrogens (primary N) is 1. The Morgan fingerprint density at radius 1 is 0.778 bits per heavy atom. The molecule has 2 aliphatic carbocycles. The maximum Gasteiger partial charge on any atom is 0.0221 e. The third-order valence-electron chi connectivity index (χ3n) is 5.03. The van der Waals surface area contributed by atoms with Crippen LogP contribution < -0.4 is 11.1 Å². The van der Waals surface area contributed by atoms with E-state index in [-0.39, 0.29) is 0 Å². The average Bonchev–Trinajstić information content (AvgIpc) is 2.80. The molecule has 0 spiro atoms. The molecule has 0 aromatic carbocycles. The van der Waals surface area contributed by atoms with Gasteiger partial charge in [0.1, 0.15) is 0 Å². The summed E-state index contributed by atoms with van der Waals surface area (Å²) in [4.78, 5) is 0. The van der Waals surface area contributed by atoms with Crippen LogP contribution in [-0.4, -0.2) is 18.6 Å². The standard InChI is InChI=1S/C16H32N2/c17-13-16(14-9-5-1-2-6-10-14)18-15-11-7-3-4-8-12-15/h14-16,18H,1-13,17H2. The Kier molecular flexibility index (Phi) is 6.50. The van der Waals surface area contributed by atoms with Crippen LogP contribution in [-0.2, 0) is 0 Å². The molecule has 2 saturated carbocycles. The molecule has 2 nitrogen and oxygen atoms in total. The van der Waals surface area contributed by atoms with E-state index in [1.165, 1.54) is 77.0 Å². The largest absolute Gasteiger partial charge is 0.329 e. The van der Waals surface area contributed by atoms with Crippen molar-refractivity contribution in [3.63, 3.8) is 0 Å². The molecule has 0 aromatic rings. The van der Waals surface area contributed by atoms with Crippen molar-refractivity contribution in [3.8, 4) is 0 Å². The third-order valence-corrected chi connectivity index (χ3v) is 5.03. The van der Waals surface area contributed by atoms with Crippen molar-refractivity contribution in [2.45, 2.75) is 89.1 Å². The van der Waals surface area contributed by atoms with Gasteiger partial charge in [0.2, 0.25) is 0 Å². The fourth-order valence-corrected chi connectivity index (χ4v) is 3.86. The van der Waals surface area contributed by atoms with Crippen LogP contribution in [0.25, 0.3) is 0 Å². The lowest BCUT2D eigenvalue weighted by atomic mass is 9.90. The Hall–Kier alpha value is -0.0800. The van der Waals surface area contributed by atoms with Crippen molar-refractivity contribution in [2.24, 2.45) is 11.7 Å². The second-order valence-electron chi connectivity index (χ2n) is 6.45. The van der Waals surface area contributed by atoms with Gasteiger partial charge < -0.3 is 11.1 Å². The summed E-state index contributed by atoms with van der Waals surface area (Å²) >= 11 is 0. The molecule has 0 aromatic heterocycles. The van der Waals surface area contributed by atoms with Crippen LogP contribution in [0.1, 0.15) is 77.0 Å². The fourth-order valence-electron chi connectivity index (χ4n) is 3.86. The highest BCUT2D eigenvalue weighted by Crippen LogP contribution is 2.26. The van der Waals surface area contributed by atoms with Crippen LogP contribution in [0.3, 0.4) is 0 Å². The minimum absolute atomic E-state index is 0.589. The molecule has 106 valence electrons. The second kappa shape index (κ2) is 8.16. The zero-order valence-corrected chi connectivity index (χ0v) is 12.0. The van der Waals surface area contributed by atoms with Crippen molar-refractivity contribution < 1.29 is 0 Å². The smallest absolute Gasteiger partial charge is 0.0221 e. The van der Waals surface area contributed by atoms with Gasteiger partial charge in [-0.05, 0) is 31.6 Å². The first-order valence-corrected chi connectivity index (χ1v) is 8.36. The van der Waals surface area contributed by atoms with Crippen LogP contribution in [0, 0.1) is 5.92 Å². The van der Waals surface area contributed by atoms with Gasteiger partial charge in [0, 0.05) is 18.6 Å². The number of hydrogen-bond donors (Lipinski definition) is 2. The van der Waals surface area contributed by atoms with Crippen molar-refractivity contribution in [1.82, 2.24) is 5.32 Å². The molecular formula is C16H32N2. The molecule has 0 radical (unpaired) electrons. The Bertz CT molecular complexity index is 201. The van der Waals surface area contributed by atoms with Crippen LogP contribution >= 0.6 is 0 Å². The molecule has 1 atom stereocenters.